The zero-order valence-electron chi connectivity index (χ0n) is 14.5. The number of nitrogens with one attached hydrogen (secondary N) is 1. The van der Waals surface area contributed by atoms with Crippen LogP contribution in [-0.4, -0.2) is 61.4 Å². The van der Waals surface area contributed by atoms with Crippen molar-refractivity contribution in [1.29, 1.82) is 0 Å². The molecule has 7 heteroatoms. The van der Waals surface area contributed by atoms with Crippen LogP contribution in [0.15, 0.2) is 6.07 Å². The summed E-state index contributed by atoms with van der Waals surface area (Å²) in [6.07, 6.45) is 2.19. The molecule has 0 bridgehead atoms. The Morgan fingerprint density at radius 2 is 2.12 bits per heavy atom. The van der Waals surface area contributed by atoms with Crippen LogP contribution in [0, 0.1) is 0 Å². The highest BCUT2D eigenvalue weighted by Crippen LogP contribution is 2.18. The first kappa shape index (κ1) is 17.1. The van der Waals surface area contributed by atoms with E-state index in [1.54, 1.807) is 6.07 Å². The number of aromatic nitrogens is 2. The van der Waals surface area contributed by atoms with Gasteiger partial charge in [0.1, 0.15) is 5.69 Å². The minimum absolute atomic E-state index is 0.124. The molecule has 0 unspecified atom stereocenters. The van der Waals surface area contributed by atoms with E-state index in [0.717, 1.165) is 38.2 Å². The fraction of sp³-hybridized carbons (Fsp3) is 0.706. The normalized spacial score (nSPS) is 21.3. The highest BCUT2D eigenvalue weighted by Gasteiger charge is 2.21. The quantitative estimate of drug-likeness (QED) is 0.876. The molecule has 2 aliphatic rings. The summed E-state index contributed by atoms with van der Waals surface area (Å²) in [5.41, 5.74) is 1.31. The maximum absolute atomic E-state index is 12.5. The van der Waals surface area contributed by atoms with E-state index in [2.05, 4.69) is 34.0 Å². The van der Waals surface area contributed by atoms with Crippen LogP contribution in [0.4, 0.5) is 5.95 Å². The number of hydrogen-bond donors (Lipinski definition) is 1. The van der Waals surface area contributed by atoms with Gasteiger partial charge in [0.2, 0.25) is 5.95 Å². The smallest absolute Gasteiger partial charge is 0.270 e. The summed E-state index contributed by atoms with van der Waals surface area (Å²) in [7, 11) is 0. The van der Waals surface area contributed by atoms with Crippen LogP contribution in [0.3, 0.4) is 0 Å². The molecular formula is C17H26N4O3. The van der Waals surface area contributed by atoms with Crippen molar-refractivity contribution in [2.45, 2.75) is 38.7 Å². The lowest BCUT2D eigenvalue weighted by Crippen LogP contribution is -2.38. The molecule has 2 fully saturated rings. The fourth-order valence-corrected chi connectivity index (χ4v) is 2.87. The van der Waals surface area contributed by atoms with Gasteiger partial charge in [0.15, 0.2) is 0 Å². The third-order valence-electron chi connectivity index (χ3n) is 4.37. The monoisotopic (exact) mass is 334 g/mol. The molecule has 1 aromatic rings. The van der Waals surface area contributed by atoms with E-state index in [9.17, 15) is 4.79 Å². The molecule has 2 saturated heterocycles. The summed E-state index contributed by atoms with van der Waals surface area (Å²) < 4.78 is 10.9. The molecule has 1 aromatic heterocycles. The molecule has 2 aliphatic heterocycles. The van der Waals surface area contributed by atoms with Crippen molar-refractivity contribution in [2.75, 3.05) is 44.4 Å². The molecule has 0 saturated carbocycles. The van der Waals surface area contributed by atoms with Crippen LogP contribution in [0.25, 0.3) is 0 Å². The third-order valence-corrected chi connectivity index (χ3v) is 4.37. The predicted octanol–water partition coefficient (Wildman–Crippen LogP) is 1.35. The van der Waals surface area contributed by atoms with Gasteiger partial charge < -0.3 is 19.7 Å². The standard InChI is InChI=1S/C17H26N4O3/c1-12(2)14-10-15(16(22)18-11-13-4-3-7-24-13)20-17(19-14)21-5-8-23-9-6-21/h10,12-13H,3-9,11H2,1-2H3,(H,18,22)/t13-/m0/s1. The van der Waals surface area contributed by atoms with Crippen LogP contribution in [0.1, 0.15) is 48.8 Å². The molecule has 1 amide bonds. The van der Waals surface area contributed by atoms with Gasteiger partial charge in [-0.2, -0.15) is 0 Å². The number of nitrogens with zero attached hydrogens (tertiary/aromatic N) is 3. The van der Waals surface area contributed by atoms with Crippen molar-refractivity contribution in [2.24, 2.45) is 0 Å². The zero-order chi connectivity index (χ0) is 16.9. The van der Waals surface area contributed by atoms with E-state index in [4.69, 9.17) is 9.47 Å². The van der Waals surface area contributed by atoms with Crippen LogP contribution >= 0.6 is 0 Å². The lowest BCUT2D eigenvalue weighted by Gasteiger charge is -2.27. The average molecular weight is 334 g/mol. The summed E-state index contributed by atoms with van der Waals surface area (Å²) in [6, 6.07) is 1.79. The Kier molecular flexibility index (Phi) is 5.63. The predicted molar refractivity (Wildman–Crippen MR) is 90.5 cm³/mol. The molecule has 1 N–H and O–H groups in total. The zero-order valence-corrected chi connectivity index (χ0v) is 14.5. The highest BCUT2D eigenvalue weighted by atomic mass is 16.5. The van der Waals surface area contributed by atoms with Crippen LogP contribution in [0.2, 0.25) is 0 Å². The maximum atomic E-state index is 12.5. The molecule has 1 atom stereocenters. The van der Waals surface area contributed by atoms with Crippen molar-refractivity contribution in [3.63, 3.8) is 0 Å². The summed E-state index contributed by atoms with van der Waals surface area (Å²) in [4.78, 5) is 23.7. The van der Waals surface area contributed by atoms with Crippen molar-refractivity contribution < 1.29 is 14.3 Å². The number of anilines is 1. The summed E-state index contributed by atoms with van der Waals surface area (Å²) >= 11 is 0. The molecule has 0 aromatic carbocycles. The number of amides is 1. The summed E-state index contributed by atoms with van der Waals surface area (Å²) in [6.45, 7) is 8.28. The Balaban J connectivity index is 1.74. The molecule has 7 nitrogen and oxygen atoms in total. The van der Waals surface area contributed by atoms with E-state index < -0.39 is 0 Å². The van der Waals surface area contributed by atoms with E-state index in [0.29, 0.717) is 31.4 Å². The number of rotatable bonds is 5. The van der Waals surface area contributed by atoms with Crippen molar-refractivity contribution >= 4 is 11.9 Å². The first-order valence-corrected chi connectivity index (χ1v) is 8.75. The molecule has 132 valence electrons. The minimum Gasteiger partial charge on any atom is -0.378 e. The van der Waals surface area contributed by atoms with Gasteiger partial charge in [0, 0.05) is 31.9 Å². The molecule has 0 aliphatic carbocycles. The van der Waals surface area contributed by atoms with Gasteiger partial charge in [-0.15, -0.1) is 0 Å². The van der Waals surface area contributed by atoms with E-state index in [1.165, 1.54) is 0 Å². The Morgan fingerprint density at radius 3 is 2.79 bits per heavy atom. The fourth-order valence-electron chi connectivity index (χ4n) is 2.87. The molecule has 0 spiro atoms. The first-order valence-electron chi connectivity index (χ1n) is 8.75. The van der Waals surface area contributed by atoms with Gasteiger partial charge >= 0.3 is 0 Å². The van der Waals surface area contributed by atoms with Crippen molar-refractivity contribution in [1.82, 2.24) is 15.3 Å². The lowest BCUT2D eigenvalue weighted by atomic mass is 10.1. The van der Waals surface area contributed by atoms with Gasteiger partial charge in [-0.25, -0.2) is 9.97 Å². The van der Waals surface area contributed by atoms with E-state index in [-0.39, 0.29) is 17.9 Å². The second-order valence-corrected chi connectivity index (χ2v) is 6.58. The number of ether oxygens (including phenoxy) is 2. The Morgan fingerprint density at radius 1 is 1.33 bits per heavy atom. The van der Waals surface area contributed by atoms with Crippen LogP contribution in [-0.2, 0) is 9.47 Å². The number of carbonyl (C=O) groups is 1. The van der Waals surface area contributed by atoms with E-state index in [1.807, 2.05) is 0 Å². The van der Waals surface area contributed by atoms with Crippen molar-refractivity contribution in [3.05, 3.63) is 17.5 Å². The topological polar surface area (TPSA) is 76.6 Å². The average Bonchev–Trinajstić information content (AvgIpc) is 3.13. The Labute approximate surface area is 142 Å². The van der Waals surface area contributed by atoms with Gasteiger partial charge in [0.25, 0.3) is 5.91 Å². The summed E-state index contributed by atoms with van der Waals surface area (Å²) in [5.74, 6) is 0.689. The third kappa shape index (κ3) is 4.21. The molecule has 24 heavy (non-hydrogen) atoms. The van der Waals surface area contributed by atoms with Crippen LogP contribution in [0.5, 0.6) is 0 Å². The lowest BCUT2D eigenvalue weighted by molar-refractivity contribution is 0.0853. The van der Waals surface area contributed by atoms with E-state index >= 15 is 0 Å². The highest BCUT2D eigenvalue weighted by molar-refractivity contribution is 5.92. The van der Waals surface area contributed by atoms with Gasteiger partial charge in [-0.1, -0.05) is 13.8 Å². The SMILES string of the molecule is CC(C)c1cc(C(=O)NC[C@@H]2CCCO2)nc(N2CCOCC2)n1. The molecule has 0 radical (unpaired) electrons. The van der Waals surface area contributed by atoms with Crippen LogP contribution < -0.4 is 10.2 Å². The molecule has 3 heterocycles. The number of morpholine rings is 1. The molecular weight excluding hydrogens is 308 g/mol. The maximum Gasteiger partial charge on any atom is 0.270 e. The van der Waals surface area contributed by atoms with Gasteiger partial charge in [-0.3, -0.25) is 4.79 Å². The summed E-state index contributed by atoms with van der Waals surface area (Å²) in [5, 5.41) is 2.94. The minimum atomic E-state index is -0.163. The Hall–Kier alpha value is -1.73. The second kappa shape index (κ2) is 7.90. The largest absolute Gasteiger partial charge is 0.378 e. The number of carbonyl (C=O) groups excluding carboxylic acids is 1. The first-order chi connectivity index (χ1) is 11.6. The second-order valence-electron chi connectivity index (χ2n) is 6.58. The Bertz CT molecular complexity index is 567. The number of hydrogen-bond acceptors (Lipinski definition) is 6. The van der Waals surface area contributed by atoms with Crippen molar-refractivity contribution in [3.8, 4) is 0 Å². The van der Waals surface area contributed by atoms with Gasteiger partial charge in [-0.05, 0) is 24.8 Å². The van der Waals surface area contributed by atoms with Gasteiger partial charge in [0.05, 0.1) is 19.3 Å². The molecule has 3 rings (SSSR count).